The van der Waals surface area contributed by atoms with Crippen LogP contribution < -0.4 is 19.7 Å². The molecule has 1 amide bonds. The molecule has 0 aromatic heterocycles. The Hall–Kier alpha value is -1.93. The fourth-order valence-electron chi connectivity index (χ4n) is 2.23. The number of sulfonamides is 2. The smallest absolute Gasteiger partial charge is 0.262 e. The van der Waals surface area contributed by atoms with Crippen molar-refractivity contribution in [1.82, 2.24) is 14.9 Å². The lowest BCUT2D eigenvalue weighted by Gasteiger charge is -2.18. The third-order valence-corrected chi connectivity index (χ3v) is 7.38. The first-order chi connectivity index (χ1) is 14.0. The SMILES string of the molecule is COc1ccc(S(=O)(=O)NC(CNS(=O)(=O)c2cc(Cl)ccc2Cl)C(=O)NO)cc1. The Morgan fingerprint density at radius 1 is 1.07 bits per heavy atom. The number of rotatable bonds is 9. The van der Waals surface area contributed by atoms with E-state index in [1.165, 1.54) is 49.0 Å². The van der Waals surface area contributed by atoms with Gasteiger partial charge in [0.25, 0.3) is 5.91 Å². The number of benzene rings is 2. The van der Waals surface area contributed by atoms with Crippen LogP contribution in [0.1, 0.15) is 0 Å². The predicted octanol–water partition coefficient (Wildman–Crippen LogP) is 1.13. The molecule has 0 bridgehead atoms. The third kappa shape index (κ3) is 6.04. The number of hydrogen-bond donors (Lipinski definition) is 4. The van der Waals surface area contributed by atoms with Crippen LogP contribution in [0.3, 0.4) is 0 Å². The molecule has 2 aromatic rings. The van der Waals surface area contributed by atoms with Gasteiger partial charge in [0.05, 0.1) is 17.0 Å². The lowest BCUT2D eigenvalue weighted by Crippen LogP contribution is -2.51. The highest BCUT2D eigenvalue weighted by molar-refractivity contribution is 7.90. The maximum absolute atomic E-state index is 12.5. The highest BCUT2D eigenvalue weighted by Crippen LogP contribution is 2.24. The van der Waals surface area contributed by atoms with Crippen molar-refractivity contribution in [3.8, 4) is 5.75 Å². The Bertz CT molecular complexity index is 1120. The summed E-state index contributed by atoms with van der Waals surface area (Å²) >= 11 is 11.7. The largest absolute Gasteiger partial charge is 0.497 e. The number of methoxy groups -OCH3 is 1. The molecular formula is C16H17Cl2N3O7S2. The molecule has 2 aromatic carbocycles. The van der Waals surface area contributed by atoms with E-state index in [-0.39, 0.29) is 19.8 Å². The van der Waals surface area contributed by atoms with Gasteiger partial charge in [-0.3, -0.25) is 10.0 Å². The van der Waals surface area contributed by atoms with Gasteiger partial charge in [0.15, 0.2) is 0 Å². The highest BCUT2D eigenvalue weighted by Gasteiger charge is 2.28. The topological polar surface area (TPSA) is 151 Å². The van der Waals surface area contributed by atoms with Gasteiger partial charge in [-0.05, 0) is 42.5 Å². The van der Waals surface area contributed by atoms with E-state index in [1.54, 1.807) is 0 Å². The van der Waals surface area contributed by atoms with Crippen LogP contribution in [0.15, 0.2) is 52.3 Å². The fraction of sp³-hybridized carbons (Fsp3) is 0.188. The van der Waals surface area contributed by atoms with Gasteiger partial charge in [-0.25, -0.2) is 27.0 Å². The zero-order valence-electron chi connectivity index (χ0n) is 15.3. The molecule has 4 N–H and O–H groups in total. The Morgan fingerprint density at radius 3 is 2.27 bits per heavy atom. The lowest BCUT2D eigenvalue weighted by molar-refractivity contribution is -0.130. The average molecular weight is 498 g/mol. The first kappa shape index (κ1) is 24.3. The molecule has 164 valence electrons. The molecule has 14 heteroatoms. The van der Waals surface area contributed by atoms with Crippen molar-refractivity contribution in [2.45, 2.75) is 15.8 Å². The van der Waals surface area contributed by atoms with Gasteiger partial charge in [0, 0.05) is 11.6 Å². The molecule has 0 heterocycles. The van der Waals surface area contributed by atoms with Crippen LogP contribution in [0.25, 0.3) is 0 Å². The Balaban J connectivity index is 2.23. The monoisotopic (exact) mass is 497 g/mol. The van der Waals surface area contributed by atoms with E-state index in [4.69, 9.17) is 33.1 Å². The summed E-state index contributed by atoms with van der Waals surface area (Å²) in [6, 6.07) is 7.29. The first-order valence-corrected chi connectivity index (χ1v) is 11.8. The maximum Gasteiger partial charge on any atom is 0.262 e. The minimum absolute atomic E-state index is 0.102. The molecule has 0 aliphatic heterocycles. The Labute approximate surface area is 183 Å². The van der Waals surface area contributed by atoms with E-state index in [9.17, 15) is 21.6 Å². The molecule has 0 saturated carbocycles. The third-order valence-electron chi connectivity index (χ3n) is 3.75. The second-order valence-electron chi connectivity index (χ2n) is 5.75. The molecule has 0 aliphatic carbocycles. The lowest BCUT2D eigenvalue weighted by atomic mass is 10.3. The summed E-state index contributed by atoms with van der Waals surface area (Å²) in [5, 5.41) is 8.87. The Kier molecular flexibility index (Phi) is 8.05. The number of carbonyl (C=O) groups excluding carboxylic acids is 1. The van der Waals surface area contributed by atoms with Crippen LogP contribution in [-0.2, 0) is 24.8 Å². The summed E-state index contributed by atoms with van der Waals surface area (Å²) in [4.78, 5) is 11.3. The van der Waals surface area contributed by atoms with Crippen LogP contribution >= 0.6 is 23.2 Å². The van der Waals surface area contributed by atoms with Gasteiger partial charge in [-0.15, -0.1) is 0 Å². The van der Waals surface area contributed by atoms with E-state index >= 15 is 0 Å². The molecule has 0 spiro atoms. The summed E-state index contributed by atoms with van der Waals surface area (Å²) in [7, 11) is -7.10. The van der Waals surface area contributed by atoms with E-state index in [0.29, 0.717) is 5.75 Å². The summed E-state index contributed by atoms with van der Waals surface area (Å²) in [6.07, 6.45) is 0. The standard InChI is InChI=1S/C16H17Cl2N3O7S2/c1-28-11-3-5-12(6-4-11)29(24,25)21-14(16(22)20-23)9-19-30(26,27)15-8-10(17)2-7-13(15)18/h2-8,14,19,21,23H,9H2,1H3,(H,20,22). The summed E-state index contributed by atoms with van der Waals surface area (Å²) < 4.78 is 59.1. The number of carbonyl (C=O) groups is 1. The van der Waals surface area contributed by atoms with Crippen LogP contribution in [0.2, 0.25) is 10.0 Å². The molecule has 0 radical (unpaired) electrons. The summed E-state index contributed by atoms with van der Waals surface area (Å²) in [6.45, 7) is -0.729. The van der Waals surface area contributed by atoms with E-state index in [0.717, 1.165) is 6.07 Å². The van der Waals surface area contributed by atoms with Crippen LogP contribution in [0.4, 0.5) is 0 Å². The molecule has 1 unspecified atom stereocenters. The van der Waals surface area contributed by atoms with Crippen LogP contribution in [0.5, 0.6) is 5.75 Å². The van der Waals surface area contributed by atoms with Gasteiger partial charge >= 0.3 is 0 Å². The number of ether oxygens (including phenoxy) is 1. The van der Waals surface area contributed by atoms with Crippen LogP contribution in [-0.4, -0.2) is 47.6 Å². The zero-order valence-corrected chi connectivity index (χ0v) is 18.4. The number of halogens is 2. The van der Waals surface area contributed by atoms with Gasteiger partial charge in [-0.2, -0.15) is 4.72 Å². The van der Waals surface area contributed by atoms with E-state index < -0.39 is 38.5 Å². The van der Waals surface area contributed by atoms with Crippen molar-refractivity contribution in [2.24, 2.45) is 0 Å². The number of hydroxylamine groups is 1. The van der Waals surface area contributed by atoms with Crippen molar-refractivity contribution in [3.05, 3.63) is 52.5 Å². The minimum atomic E-state index is -4.26. The highest BCUT2D eigenvalue weighted by atomic mass is 35.5. The predicted molar refractivity (Wildman–Crippen MR) is 109 cm³/mol. The number of amides is 1. The molecule has 0 fully saturated rings. The van der Waals surface area contributed by atoms with E-state index in [1.807, 2.05) is 4.72 Å². The minimum Gasteiger partial charge on any atom is -0.497 e. The van der Waals surface area contributed by atoms with Crippen molar-refractivity contribution in [2.75, 3.05) is 13.7 Å². The molecule has 2 rings (SSSR count). The van der Waals surface area contributed by atoms with Gasteiger partial charge in [0.1, 0.15) is 16.7 Å². The summed E-state index contributed by atoms with van der Waals surface area (Å²) in [5.41, 5.74) is 1.29. The zero-order chi connectivity index (χ0) is 22.5. The number of hydrogen-bond acceptors (Lipinski definition) is 7. The fourth-order valence-corrected chi connectivity index (χ4v) is 5.23. The molecule has 30 heavy (non-hydrogen) atoms. The van der Waals surface area contributed by atoms with E-state index in [2.05, 4.69) is 4.72 Å². The van der Waals surface area contributed by atoms with Gasteiger partial charge in [-0.1, -0.05) is 23.2 Å². The summed E-state index contributed by atoms with van der Waals surface area (Å²) in [5.74, 6) is -0.781. The van der Waals surface area contributed by atoms with Crippen molar-refractivity contribution < 1.29 is 31.6 Å². The molecular weight excluding hydrogens is 481 g/mol. The second kappa shape index (κ2) is 9.92. The van der Waals surface area contributed by atoms with Crippen molar-refractivity contribution in [1.29, 1.82) is 0 Å². The quantitative estimate of drug-likeness (QED) is 0.299. The molecule has 0 aliphatic rings. The molecule has 10 nitrogen and oxygen atoms in total. The normalized spacial score (nSPS) is 12.9. The van der Waals surface area contributed by atoms with Crippen molar-refractivity contribution in [3.63, 3.8) is 0 Å². The molecule has 1 atom stereocenters. The molecule has 0 saturated heterocycles. The first-order valence-electron chi connectivity index (χ1n) is 8.05. The Morgan fingerprint density at radius 2 is 1.70 bits per heavy atom. The average Bonchev–Trinajstić information content (AvgIpc) is 2.72. The number of nitrogens with one attached hydrogen (secondary N) is 3. The second-order valence-corrected chi connectivity index (χ2v) is 10.0. The van der Waals surface area contributed by atoms with Crippen molar-refractivity contribution >= 4 is 49.2 Å². The van der Waals surface area contributed by atoms with Gasteiger partial charge in [0.2, 0.25) is 20.0 Å². The maximum atomic E-state index is 12.5. The van der Waals surface area contributed by atoms with Crippen LogP contribution in [0, 0.1) is 0 Å². The van der Waals surface area contributed by atoms with Gasteiger partial charge < -0.3 is 4.74 Å².